The van der Waals surface area contributed by atoms with Crippen LogP contribution in [0.5, 0.6) is 0 Å². The number of thiophene rings is 1. The van der Waals surface area contributed by atoms with Crippen LogP contribution in [-0.4, -0.2) is 39.3 Å². The van der Waals surface area contributed by atoms with E-state index < -0.39 is 5.97 Å². The molecule has 6 nitrogen and oxygen atoms in total. The Kier molecular flexibility index (Phi) is 3.38. The highest BCUT2D eigenvalue weighted by Gasteiger charge is 2.33. The molecule has 2 aromatic rings. The van der Waals surface area contributed by atoms with Gasteiger partial charge in [-0.1, -0.05) is 0 Å². The minimum atomic E-state index is -0.745. The molecule has 2 aromatic heterocycles. The van der Waals surface area contributed by atoms with Crippen molar-refractivity contribution >= 4 is 33.2 Å². The lowest BCUT2D eigenvalue weighted by Gasteiger charge is -2.35. The van der Waals surface area contributed by atoms with Crippen molar-refractivity contribution in [3.8, 4) is 10.8 Å². The Bertz CT molecular complexity index is 606. The Morgan fingerprint density at radius 3 is 2.95 bits per heavy atom. The zero-order chi connectivity index (χ0) is 13.4. The van der Waals surface area contributed by atoms with E-state index in [9.17, 15) is 4.79 Å². The number of carboxylic acids is 1. The number of carboxylic acid groups (broad SMARTS) is 1. The van der Waals surface area contributed by atoms with Gasteiger partial charge in [0.25, 0.3) is 5.89 Å². The van der Waals surface area contributed by atoms with Crippen molar-refractivity contribution in [3.05, 3.63) is 21.8 Å². The van der Waals surface area contributed by atoms with Gasteiger partial charge in [-0.25, -0.2) is 0 Å². The number of rotatable bonds is 4. The molecule has 0 bridgehead atoms. The lowest BCUT2D eigenvalue weighted by Crippen LogP contribution is -2.49. The summed E-state index contributed by atoms with van der Waals surface area (Å²) < 4.78 is 6.57. The van der Waals surface area contributed by atoms with E-state index in [-0.39, 0.29) is 5.92 Å². The molecule has 3 rings (SSSR count). The van der Waals surface area contributed by atoms with Gasteiger partial charge in [0, 0.05) is 13.1 Å². The molecule has 0 saturated carbocycles. The van der Waals surface area contributed by atoms with E-state index in [4.69, 9.17) is 9.52 Å². The van der Waals surface area contributed by atoms with Gasteiger partial charge >= 0.3 is 5.97 Å². The zero-order valence-corrected chi connectivity index (χ0v) is 12.1. The van der Waals surface area contributed by atoms with Crippen molar-refractivity contribution in [1.29, 1.82) is 0 Å². The van der Waals surface area contributed by atoms with E-state index in [2.05, 4.69) is 26.1 Å². The Morgan fingerprint density at radius 1 is 1.53 bits per heavy atom. The van der Waals surface area contributed by atoms with Crippen LogP contribution in [0.1, 0.15) is 5.89 Å². The lowest BCUT2D eigenvalue weighted by atomic mass is 10.0. The van der Waals surface area contributed by atoms with Crippen molar-refractivity contribution in [1.82, 2.24) is 15.1 Å². The summed E-state index contributed by atoms with van der Waals surface area (Å²) in [6.07, 6.45) is 0. The molecule has 1 saturated heterocycles. The summed E-state index contributed by atoms with van der Waals surface area (Å²) >= 11 is 4.91. The molecule has 0 aliphatic carbocycles. The minimum Gasteiger partial charge on any atom is -0.481 e. The average molecular weight is 344 g/mol. The van der Waals surface area contributed by atoms with Gasteiger partial charge in [0.1, 0.15) is 0 Å². The van der Waals surface area contributed by atoms with E-state index in [0.717, 1.165) is 8.66 Å². The summed E-state index contributed by atoms with van der Waals surface area (Å²) in [5, 5.41) is 16.8. The molecule has 0 aromatic carbocycles. The normalized spacial score (nSPS) is 16.5. The SMILES string of the molecule is O=C(O)C1CN(Cc2nnc(-c3ccc(Br)s3)o2)C1. The fourth-order valence-corrected chi connectivity index (χ4v) is 3.20. The quantitative estimate of drug-likeness (QED) is 0.915. The van der Waals surface area contributed by atoms with Crippen LogP contribution in [0, 0.1) is 5.92 Å². The molecule has 0 atom stereocenters. The summed E-state index contributed by atoms with van der Waals surface area (Å²) in [6.45, 7) is 1.58. The van der Waals surface area contributed by atoms with Gasteiger partial charge < -0.3 is 9.52 Å². The molecule has 0 spiro atoms. The van der Waals surface area contributed by atoms with Crippen molar-refractivity contribution < 1.29 is 14.3 Å². The maximum atomic E-state index is 10.7. The topological polar surface area (TPSA) is 79.5 Å². The molecular weight excluding hydrogens is 334 g/mol. The highest BCUT2D eigenvalue weighted by Crippen LogP contribution is 2.30. The number of halogens is 1. The number of likely N-dealkylation sites (tertiary alicyclic amines) is 1. The van der Waals surface area contributed by atoms with Crippen LogP contribution in [0.25, 0.3) is 10.8 Å². The first-order valence-electron chi connectivity index (χ1n) is 5.65. The predicted octanol–water partition coefficient (Wildman–Crippen LogP) is 2.08. The Labute approximate surface area is 121 Å². The van der Waals surface area contributed by atoms with Gasteiger partial charge in [-0.05, 0) is 28.1 Å². The first-order chi connectivity index (χ1) is 9.11. The zero-order valence-electron chi connectivity index (χ0n) is 9.74. The summed E-state index contributed by atoms with van der Waals surface area (Å²) in [4.78, 5) is 13.6. The Balaban J connectivity index is 1.62. The second kappa shape index (κ2) is 5.03. The van der Waals surface area contributed by atoms with Crippen LogP contribution < -0.4 is 0 Å². The van der Waals surface area contributed by atoms with Gasteiger partial charge in [0.15, 0.2) is 0 Å². The van der Waals surface area contributed by atoms with E-state index in [1.165, 1.54) is 11.3 Å². The molecule has 1 aliphatic heterocycles. The fourth-order valence-electron chi connectivity index (χ4n) is 1.89. The fraction of sp³-hybridized carbons (Fsp3) is 0.364. The molecular formula is C11H10BrN3O3S. The summed E-state index contributed by atoms with van der Waals surface area (Å²) in [6, 6.07) is 3.84. The highest BCUT2D eigenvalue weighted by molar-refractivity contribution is 9.11. The highest BCUT2D eigenvalue weighted by atomic mass is 79.9. The number of nitrogens with zero attached hydrogens (tertiary/aromatic N) is 3. The Hall–Kier alpha value is -1.25. The first kappa shape index (κ1) is 12.8. The molecule has 0 unspecified atom stereocenters. The maximum Gasteiger partial charge on any atom is 0.309 e. The molecule has 100 valence electrons. The molecule has 1 aliphatic rings. The van der Waals surface area contributed by atoms with Gasteiger partial charge in [0.05, 0.1) is 21.1 Å². The van der Waals surface area contributed by atoms with Crippen LogP contribution in [0.2, 0.25) is 0 Å². The number of aromatic nitrogens is 2. The van der Waals surface area contributed by atoms with Crippen molar-refractivity contribution in [3.63, 3.8) is 0 Å². The molecule has 19 heavy (non-hydrogen) atoms. The van der Waals surface area contributed by atoms with Crippen LogP contribution in [0.15, 0.2) is 20.3 Å². The number of aliphatic carboxylic acids is 1. The van der Waals surface area contributed by atoms with E-state index in [1.54, 1.807) is 0 Å². The third-order valence-corrected chi connectivity index (χ3v) is 4.53. The minimum absolute atomic E-state index is 0.268. The monoisotopic (exact) mass is 343 g/mol. The van der Waals surface area contributed by atoms with Gasteiger partial charge in [0.2, 0.25) is 5.89 Å². The van der Waals surface area contributed by atoms with E-state index >= 15 is 0 Å². The molecule has 0 radical (unpaired) electrons. The molecule has 3 heterocycles. The van der Waals surface area contributed by atoms with Crippen molar-refractivity contribution in [2.24, 2.45) is 5.92 Å². The number of carbonyl (C=O) groups is 1. The number of hydrogen-bond acceptors (Lipinski definition) is 6. The maximum absolute atomic E-state index is 10.7. The molecule has 8 heteroatoms. The third-order valence-electron chi connectivity index (χ3n) is 2.92. The molecule has 0 amide bonds. The van der Waals surface area contributed by atoms with Crippen LogP contribution in [-0.2, 0) is 11.3 Å². The number of hydrogen-bond donors (Lipinski definition) is 1. The largest absolute Gasteiger partial charge is 0.481 e. The Morgan fingerprint density at radius 2 is 2.32 bits per heavy atom. The first-order valence-corrected chi connectivity index (χ1v) is 7.26. The molecule has 1 fully saturated rings. The smallest absolute Gasteiger partial charge is 0.309 e. The second-order valence-electron chi connectivity index (χ2n) is 4.33. The standard InChI is InChI=1S/C11H10BrN3O3S/c12-8-2-1-7(19-8)10-14-13-9(18-10)5-15-3-6(4-15)11(16)17/h1-2,6H,3-5H2,(H,16,17). The van der Waals surface area contributed by atoms with E-state index in [1.807, 2.05) is 17.0 Å². The summed E-state index contributed by atoms with van der Waals surface area (Å²) in [5.74, 6) is 0.00548. The van der Waals surface area contributed by atoms with Gasteiger partial charge in [-0.15, -0.1) is 21.5 Å². The van der Waals surface area contributed by atoms with Crippen molar-refractivity contribution in [2.75, 3.05) is 13.1 Å². The lowest BCUT2D eigenvalue weighted by molar-refractivity contribution is -0.147. The van der Waals surface area contributed by atoms with Crippen molar-refractivity contribution in [2.45, 2.75) is 6.54 Å². The van der Waals surface area contributed by atoms with Crippen LogP contribution in [0.4, 0.5) is 0 Å². The second-order valence-corrected chi connectivity index (χ2v) is 6.80. The van der Waals surface area contributed by atoms with Gasteiger partial charge in [-0.2, -0.15) is 0 Å². The summed E-state index contributed by atoms with van der Waals surface area (Å²) in [7, 11) is 0. The summed E-state index contributed by atoms with van der Waals surface area (Å²) in [5.41, 5.74) is 0. The van der Waals surface area contributed by atoms with Crippen LogP contribution >= 0.6 is 27.3 Å². The third kappa shape index (κ3) is 2.70. The molecule has 1 N–H and O–H groups in total. The average Bonchev–Trinajstić information content (AvgIpc) is 2.90. The predicted molar refractivity (Wildman–Crippen MR) is 71.7 cm³/mol. The van der Waals surface area contributed by atoms with Crippen LogP contribution in [0.3, 0.4) is 0 Å². The van der Waals surface area contributed by atoms with Gasteiger partial charge in [-0.3, -0.25) is 9.69 Å². The van der Waals surface area contributed by atoms with E-state index in [0.29, 0.717) is 31.4 Å².